The zero-order chi connectivity index (χ0) is 15.4. The van der Waals surface area contributed by atoms with E-state index in [9.17, 15) is 5.11 Å². The average molecular weight is 313 g/mol. The summed E-state index contributed by atoms with van der Waals surface area (Å²) in [7, 11) is 3.69. The molecule has 0 radical (unpaired) electrons. The number of fused-ring (bicyclic) bond motifs is 1. The van der Waals surface area contributed by atoms with Crippen LogP contribution in [-0.2, 0) is 4.74 Å². The number of imidazole rings is 1. The van der Waals surface area contributed by atoms with Crippen LogP contribution in [0.3, 0.4) is 0 Å². The van der Waals surface area contributed by atoms with Crippen LogP contribution in [0, 0.1) is 0 Å². The zero-order valence-corrected chi connectivity index (χ0v) is 13.0. The normalized spacial score (nSPS) is 12.8. The Bertz CT molecular complexity index is 604. The van der Waals surface area contributed by atoms with Gasteiger partial charge in [-0.05, 0) is 12.7 Å². The SMILES string of the molecule is CSc1nc(N(C)C)nc2c1ncn2C(O)OCCCO. The Morgan fingerprint density at radius 3 is 2.81 bits per heavy atom. The first-order valence-electron chi connectivity index (χ1n) is 6.45. The summed E-state index contributed by atoms with van der Waals surface area (Å²) in [6.07, 6.45) is 2.65. The molecule has 21 heavy (non-hydrogen) atoms. The minimum absolute atomic E-state index is 0.0148. The van der Waals surface area contributed by atoms with Crippen LogP contribution in [-0.4, -0.2) is 63.3 Å². The number of aliphatic hydroxyl groups excluding tert-OH is 2. The minimum Gasteiger partial charge on any atom is -0.396 e. The third-order valence-electron chi connectivity index (χ3n) is 2.78. The fourth-order valence-corrected chi connectivity index (χ4v) is 2.23. The second-order valence-electron chi connectivity index (χ2n) is 4.53. The smallest absolute Gasteiger partial charge is 0.244 e. The second kappa shape index (κ2) is 7.03. The third kappa shape index (κ3) is 3.43. The molecular formula is C12H19N5O3S. The van der Waals surface area contributed by atoms with Crippen molar-refractivity contribution in [3.05, 3.63) is 6.33 Å². The molecule has 0 bridgehead atoms. The van der Waals surface area contributed by atoms with Gasteiger partial charge in [-0.25, -0.2) is 9.97 Å². The van der Waals surface area contributed by atoms with Crippen molar-refractivity contribution in [3.63, 3.8) is 0 Å². The van der Waals surface area contributed by atoms with Crippen LogP contribution < -0.4 is 4.90 Å². The molecule has 0 aliphatic carbocycles. The van der Waals surface area contributed by atoms with Crippen molar-refractivity contribution in [1.82, 2.24) is 19.5 Å². The molecule has 0 saturated heterocycles. The predicted molar refractivity (Wildman–Crippen MR) is 80.3 cm³/mol. The summed E-state index contributed by atoms with van der Waals surface area (Å²) in [6.45, 7) is 0.263. The summed E-state index contributed by atoms with van der Waals surface area (Å²) in [5.74, 6) is 0.538. The lowest BCUT2D eigenvalue weighted by Crippen LogP contribution is -2.16. The van der Waals surface area contributed by atoms with Gasteiger partial charge >= 0.3 is 0 Å². The first-order chi connectivity index (χ1) is 10.1. The van der Waals surface area contributed by atoms with Crippen LogP contribution in [0.1, 0.15) is 12.8 Å². The van der Waals surface area contributed by atoms with Crippen LogP contribution in [0.25, 0.3) is 11.2 Å². The van der Waals surface area contributed by atoms with Gasteiger partial charge in [0.2, 0.25) is 12.4 Å². The number of aromatic nitrogens is 4. The van der Waals surface area contributed by atoms with Crippen molar-refractivity contribution < 1.29 is 14.9 Å². The Balaban J connectivity index is 2.38. The van der Waals surface area contributed by atoms with Crippen molar-refractivity contribution in [3.8, 4) is 0 Å². The molecule has 2 N–H and O–H groups in total. The van der Waals surface area contributed by atoms with Crippen LogP contribution in [0.5, 0.6) is 0 Å². The lowest BCUT2D eigenvalue weighted by Gasteiger charge is -2.15. The van der Waals surface area contributed by atoms with Gasteiger partial charge in [-0.2, -0.15) is 4.98 Å². The quantitative estimate of drug-likeness (QED) is 0.329. The van der Waals surface area contributed by atoms with Gasteiger partial charge in [0.15, 0.2) is 5.65 Å². The fourth-order valence-electron chi connectivity index (χ4n) is 1.72. The molecular weight excluding hydrogens is 294 g/mol. The third-order valence-corrected chi connectivity index (χ3v) is 3.45. The van der Waals surface area contributed by atoms with E-state index in [0.717, 1.165) is 5.03 Å². The zero-order valence-electron chi connectivity index (χ0n) is 12.2. The van der Waals surface area contributed by atoms with Gasteiger partial charge in [-0.15, -0.1) is 11.8 Å². The standard InChI is InChI=1S/C12H19N5O3S/c1-16(2)11-14-9-8(10(15-11)21-3)13-7-17(9)12(19)20-6-4-5-18/h7,12,18-19H,4-6H2,1-3H3. The van der Waals surface area contributed by atoms with E-state index in [1.54, 1.807) is 4.90 Å². The van der Waals surface area contributed by atoms with E-state index in [0.29, 0.717) is 23.5 Å². The molecule has 0 amide bonds. The Kier molecular flexibility index (Phi) is 5.34. The number of rotatable bonds is 7. The Morgan fingerprint density at radius 1 is 1.43 bits per heavy atom. The van der Waals surface area contributed by atoms with Gasteiger partial charge in [-0.3, -0.25) is 4.57 Å². The van der Waals surface area contributed by atoms with E-state index >= 15 is 0 Å². The number of hydrogen-bond acceptors (Lipinski definition) is 8. The summed E-state index contributed by atoms with van der Waals surface area (Å²) in [5, 5.41) is 19.5. The molecule has 116 valence electrons. The molecule has 0 aliphatic rings. The van der Waals surface area contributed by atoms with Gasteiger partial charge in [-0.1, -0.05) is 0 Å². The molecule has 2 rings (SSSR count). The summed E-state index contributed by atoms with van der Waals surface area (Å²) in [6, 6.07) is 0. The highest BCUT2D eigenvalue weighted by Gasteiger charge is 2.17. The highest BCUT2D eigenvalue weighted by molar-refractivity contribution is 7.98. The molecule has 0 aliphatic heterocycles. The largest absolute Gasteiger partial charge is 0.396 e. The molecule has 8 nitrogen and oxygen atoms in total. The molecule has 0 spiro atoms. The monoisotopic (exact) mass is 313 g/mol. The highest BCUT2D eigenvalue weighted by atomic mass is 32.2. The molecule has 2 aromatic rings. The number of ether oxygens (including phenoxy) is 1. The topological polar surface area (TPSA) is 96.5 Å². The number of hydrogen-bond donors (Lipinski definition) is 2. The number of thioether (sulfide) groups is 1. The number of nitrogens with zero attached hydrogens (tertiary/aromatic N) is 5. The van der Waals surface area contributed by atoms with E-state index in [4.69, 9.17) is 9.84 Å². The van der Waals surface area contributed by atoms with Gasteiger partial charge in [0.1, 0.15) is 16.9 Å². The van der Waals surface area contributed by atoms with E-state index in [-0.39, 0.29) is 13.2 Å². The molecule has 0 fully saturated rings. The average Bonchev–Trinajstić information content (AvgIpc) is 2.90. The summed E-state index contributed by atoms with van der Waals surface area (Å²) in [5.41, 5.74) is 1.13. The minimum atomic E-state index is -1.19. The van der Waals surface area contributed by atoms with Gasteiger partial charge in [0, 0.05) is 20.7 Å². The molecule has 9 heteroatoms. The predicted octanol–water partition coefficient (Wildman–Crippen LogP) is 0.462. The van der Waals surface area contributed by atoms with Crippen molar-refractivity contribution in [2.75, 3.05) is 38.5 Å². The molecule has 0 saturated carbocycles. The first-order valence-corrected chi connectivity index (χ1v) is 7.67. The van der Waals surface area contributed by atoms with Crippen LogP contribution in [0.15, 0.2) is 11.4 Å². The van der Waals surface area contributed by atoms with Crippen molar-refractivity contribution in [2.24, 2.45) is 0 Å². The molecule has 1 unspecified atom stereocenters. The lowest BCUT2D eigenvalue weighted by molar-refractivity contribution is -0.152. The Morgan fingerprint density at radius 2 is 2.19 bits per heavy atom. The Labute approximate surface area is 126 Å². The maximum Gasteiger partial charge on any atom is 0.244 e. The van der Waals surface area contributed by atoms with Crippen molar-refractivity contribution in [2.45, 2.75) is 17.9 Å². The van der Waals surface area contributed by atoms with Crippen molar-refractivity contribution >= 4 is 28.9 Å². The van der Waals surface area contributed by atoms with Crippen molar-refractivity contribution in [1.29, 1.82) is 0 Å². The summed E-state index contributed by atoms with van der Waals surface area (Å²) >= 11 is 1.47. The highest BCUT2D eigenvalue weighted by Crippen LogP contribution is 2.26. The molecule has 2 aromatic heterocycles. The van der Waals surface area contributed by atoms with E-state index in [1.165, 1.54) is 22.7 Å². The van der Waals surface area contributed by atoms with Gasteiger partial charge in [0.25, 0.3) is 0 Å². The maximum absolute atomic E-state index is 10.1. The maximum atomic E-state index is 10.1. The second-order valence-corrected chi connectivity index (χ2v) is 5.32. The van der Waals surface area contributed by atoms with E-state index in [2.05, 4.69) is 15.0 Å². The molecule has 0 aromatic carbocycles. The van der Waals surface area contributed by atoms with Crippen LogP contribution >= 0.6 is 11.8 Å². The fraction of sp³-hybridized carbons (Fsp3) is 0.583. The Hall–Kier alpha value is -1.42. The summed E-state index contributed by atoms with van der Waals surface area (Å²) < 4.78 is 6.69. The number of aliphatic hydroxyl groups is 2. The van der Waals surface area contributed by atoms with Crippen LogP contribution in [0.4, 0.5) is 5.95 Å². The van der Waals surface area contributed by atoms with Crippen LogP contribution in [0.2, 0.25) is 0 Å². The summed E-state index contributed by atoms with van der Waals surface area (Å²) in [4.78, 5) is 14.9. The molecule has 2 heterocycles. The number of anilines is 1. The van der Waals surface area contributed by atoms with Gasteiger partial charge in [0.05, 0.1) is 6.61 Å². The van der Waals surface area contributed by atoms with E-state index < -0.39 is 6.41 Å². The van der Waals surface area contributed by atoms with E-state index in [1.807, 2.05) is 20.4 Å². The van der Waals surface area contributed by atoms with Gasteiger partial charge < -0.3 is 19.8 Å². The molecule has 1 atom stereocenters. The lowest BCUT2D eigenvalue weighted by atomic mass is 10.5. The first kappa shape index (κ1) is 16.0.